The van der Waals surface area contributed by atoms with Crippen molar-refractivity contribution in [2.45, 2.75) is 50.4 Å². The van der Waals surface area contributed by atoms with Gasteiger partial charge in [0.2, 0.25) is 5.91 Å². The first-order valence-electron chi connectivity index (χ1n) is 9.76. The molecule has 1 aliphatic heterocycles. The molecule has 1 amide bonds. The number of likely N-dealkylation sites (tertiary alicyclic amines) is 1. The molecule has 2 bridgehead atoms. The normalized spacial score (nSPS) is 30.2. The maximum atomic E-state index is 12.6. The molecule has 2 saturated carbocycles. The first-order valence-corrected chi connectivity index (χ1v) is 9.76. The van der Waals surface area contributed by atoms with E-state index in [-0.39, 0.29) is 42.5 Å². The third-order valence-electron chi connectivity index (χ3n) is 5.95. The lowest BCUT2D eigenvalue weighted by Crippen LogP contribution is -2.50. The Morgan fingerprint density at radius 2 is 1.93 bits per heavy atom. The van der Waals surface area contributed by atoms with Gasteiger partial charge in [0, 0.05) is 39.3 Å². The zero-order chi connectivity index (χ0) is 19.6. The van der Waals surface area contributed by atoms with Crippen LogP contribution in [0.25, 0.3) is 0 Å². The summed E-state index contributed by atoms with van der Waals surface area (Å²) in [6.07, 6.45) is 1.31. The number of carbonyl (C=O) groups excluding carboxylic acids is 1. The predicted octanol–water partition coefficient (Wildman–Crippen LogP) is 2.05. The highest BCUT2D eigenvalue weighted by atomic mass is 127. The van der Waals surface area contributed by atoms with Crippen molar-refractivity contribution in [2.24, 2.45) is 16.8 Å². The van der Waals surface area contributed by atoms with E-state index in [1.807, 2.05) is 0 Å². The summed E-state index contributed by atoms with van der Waals surface area (Å²) in [7, 11) is 3.36. The Labute approximate surface area is 181 Å². The summed E-state index contributed by atoms with van der Waals surface area (Å²) >= 11 is 0. The van der Waals surface area contributed by atoms with Gasteiger partial charge in [0.15, 0.2) is 5.96 Å². The lowest BCUT2D eigenvalue weighted by Gasteiger charge is -2.27. The second kappa shape index (κ2) is 9.82. The Kier molecular flexibility index (Phi) is 8.24. The van der Waals surface area contributed by atoms with Gasteiger partial charge in [-0.2, -0.15) is 13.2 Å². The molecular weight excluding hydrogens is 486 g/mol. The number of aliphatic imine (C=N–C) groups is 1. The van der Waals surface area contributed by atoms with Gasteiger partial charge in [-0.05, 0) is 37.5 Å². The van der Waals surface area contributed by atoms with Crippen molar-refractivity contribution in [3.05, 3.63) is 0 Å². The molecule has 1 saturated heterocycles. The quantitative estimate of drug-likeness (QED) is 0.333. The van der Waals surface area contributed by atoms with E-state index in [4.69, 9.17) is 0 Å². The number of nitrogens with zero attached hydrogens (tertiary/aromatic N) is 3. The van der Waals surface area contributed by atoms with Crippen LogP contribution >= 0.6 is 24.0 Å². The molecule has 6 nitrogen and oxygen atoms in total. The van der Waals surface area contributed by atoms with Crippen LogP contribution in [0.5, 0.6) is 0 Å². The van der Waals surface area contributed by atoms with Gasteiger partial charge in [0.05, 0.1) is 6.54 Å². The fourth-order valence-corrected chi connectivity index (χ4v) is 4.56. The van der Waals surface area contributed by atoms with Crippen molar-refractivity contribution in [3.63, 3.8) is 0 Å². The Balaban J connectivity index is 0.00000280. The Hall–Kier alpha value is -0.780. The number of amides is 1. The summed E-state index contributed by atoms with van der Waals surface area (Å²) in [5.74, 6) is 1.86. The summed E-state index contributed by atoms with van der Waals surface area (Å²) in [6, 6.07) is 0.254. The van der Waals surface area contributed by atoms with Gasteiger partial charge in [-0.1, -0.05) is 6.42 Å². The summed E-state index contributed by atoms with van der Waals surface area (Å²) in [5, 5.41) is 6.73. The van der Waals surface area contributed by atoms with E-state index in [0.29, 0.717) is 37.4 Å². The average molecular weight is 517 g/mol. The molecule has 2 aliphatic carbocycles. The maximum absolute atomic E-state index is 12.6. The van der Waals surface area contributed by atoms with Crippen LogP contribution in [-0.2, 0) is 4.79 Å². The zero-order valence-electron chi connectivity index (χ0n) is 16.5. The minimum atomic E-state index is -4.18. The van der Waals surface area contributed by atoms with Crippen molar-refractivity contribution in [1.29, 1.82) is 0 Å². The van der Waals surface area contributed by atoms with Gasteiger partial charge >= 0.3 is 6.18 Å². The zero-order valence-corrected chi connectivity index (χ0v) is 18.8. The third kappa shape index (κ3) is 6.64. The second-order valence-electron chi connectivity index (χ2n) is 8.36. The first-order chi connectivity index (χ1) is 12.7. The smallest absolute Gasteiger partial charge is 0.353 e. The number of likely N-dealkylation sites (N-methyl/N-ethyl adjacent to an activating group) is 1. The highest BCUT2D eigenvalue weighted by Gasteiger charge is 2.40. The van der Waals surface area contributed by atoms with Gasteiger partial charge in [-0.25, -0.2) is 4.99 Å². The average Bonchev–Trinajstić information content (AvgIpc) is 3.28. The molecule has 0 aromatic heterocycles. The number of alkyl halides is 3. The summed E-state index contributed by atoms with van der Waals surface area (Å²) in [6.45, 7) is -0.105. The molecular formula is C18H31F3IN5O. The van der Waals surface area contributed by atoms with E-state index >= 15 is 0 Å². The number of nitrogens with one attached hydrogen (secondary N) is 2. The number of hydrogen-bond acceptors (Lipinski definition) is 3. The number of rotatable bonds is 5. The highest BCUT2D eigenvalue weighted by molar-refractivity contribution is 14.0. The van der Waals surface area contributed by atoms with Gasteiger partial charge in [0.25, 0.3) is 0 Å². The Bertz CT molecular complexity index is 572. The molecule has 3 fully saturated rings. The monoisotopic (exact) mass is 517 g/mol. The second-order valence-corrected chi connectivity index (χ2v) is 8.36. The molecule has 2 N–H and O–H groups in total. The fourth-order valence-electron chi connectivity index (χ4n) is 4.56. The number of hydrogen-bond donors (Lipinski definition) is 2. The Morgan fingerprint density at radius 3 is 2.50 bits per heavy atom. The molecule has 0 spiro atoms. The maximum Gasteiger partial charge on any atom is 0.401 e. The lowest BCUT2D eigenvalue weighted by molar-refractivity contribution is -0.143. The number of carbonyl (C=O) groups is 1. The van der Waals surface area contributed by atoms with Crippen LogP contribution in [0.1, 0.15) is 32.1 Å². The van der Waals surface area contributed by atoms with Gasteiger partial charge in [-0.3, -0.25) is 9.69 Å². The van der Waals surface area contributed by atoms with E-state index in [0.717, 1.165) is 12.3 Å². The minimum Gasteiger partial charge on any atom is -0.353 e. The molecule has 3 rings (SSSR count). The SMILES string of the molecule is CN(C)C(=O)CN=C(NC1CCN(CC(F)(F)F)C1)NC1CC2CCC1C2.I. The van der Waals surface area contributed by atoms with Crippen LogP contribution in [0.2, 0.25) is 0 Å². The number of halogens is 4. The van der Waals surface area contributed by atoms with Crippen LogP contribution in [0.15, 0.2) is 4.99 Å². The molecule has 162 valence electrons. The molecule has 0 aromatic carbocycles. The van der Waals surface area contributed by atoms with Crippen LogP contribution in [-0.4, -0.2) is 80.2 Å². The van der Waals surface area contributed by atoms with Gasteiger partial charge < -0.3 is 15.5 Å². The van der Waals surface area contributed by atoms with Gasteiger partial charge in [0.1, 0.15) is 6.54 Å². The molecule has 3 aliphatic rings. The van der Waals surface area contributed by atoms with E-state index < -0.39 is 12.7 Å². The lowest BCUT2D eigenvalue weighted by atomic mass is 9.95. The predicted molar refractivity (Wildman–Crippen MR) is 113 cm³/mol. The van der Waals surface area contributed by atoms with Crippen LogP contribution < -0.4 is 10.6 Å². The molecule has 1 heterocycles. The molecule has 4 atom stereocenters. The number of guanidine groups is 1. The highest BCUT2D eigenvalue weighted by Crippen LogP contribution is 2.44. The van der Waals surface area contributed by atoms with Crippen LogP contribution in [0.4, 0.5) is 13.2 Å². The Morgan fingerprint density at radius 1 is 1.18 bits per heavy atom. The molecule has 28 heavy (non-hydrogen) atoms. The van der Waals surface area contributed by atoms with Crippen molar-refractivity contribution in [3.8, 4) is 0 Å². The number of fused-ring (bicyclic) bond motifs is 2. The molecule has 4 unspecified atom stereocenters. The van der Waals surface area contributed by atoms with Crippen molar-refractivity contribution < 1.29 is 18.0 Å². The van der Waals surface area contributed by atoms with Crippen molar-refractivity contribution >= 4 is 35.8 Å². The summed E-state index contributed by atoms with van der Waals surface area (Å²) in [5.41, 5.74) is 0. The molecule has 10 heteroatoms. The van der Waals surface area contributed by atoms with E-state index in [1.165, 1.54) is 29.1 Å². The standard InChI is InChI=1S/C18H30F3N5O.HI/c1-25(2)16(27)9-22-17(24-15-8-12-3-4-13(15)7-12)23-14-5-6-26(10-14)11-18(19,20)21;/h12-15H,3-11H2,1-2H3,(H2,22,23,24);1H. The van der Waals surface area contributed by atoms with Crippen LogP contribution in [0.3, 0.4) is 0 Å². The van der Waals surface area contributed by atoms with E-state index in [1.54, 1.807) is 14.1 Å². The van der Waals surface area contributed by atoms with E-state index in [2.05, 4.69) is 15.6 Å². The van der Waals surface area contributed by atoms with Crippen molar-refractivity contribution in [1.82, 2.24) is 20.4 Å². The largest absolute Gasteiger partial charge is 0.401 e. The van der Waals surface area contributed by atoms with Gasteiger partial charge in [-0.15, -0.1) is 24.0 Å². The summed E-state index contributed by atoms with van der Waals surface area (Å²) in [4.78, 5) is 19.2. The van der Waals surface area contributed by atoms with Crippen LogP contribution in [0, 0.1) is 11.8 Å². The molecule has 0 aromatic rings. The first kappa shape index (κ1) is 23.5. The molecule has 0 radical (unpaired) electrons. The van der Waals surface area contributed by atoms with E-state index in [9.17, 15) is 18.0 Å². The summed E-state index contributed by atoms with van der Waals surface area (Å²) < 4.78 is 37.8. The fraction of sp³-hybridized carbons (Fsp3) is 0.889. The third-order valence-corrected chi connectivity index (χ3v) is 5.95. The minimum absolute atomic E-state index is 0. The van der Waals surface area contributed by atoms with Crippen molar-refractivity contribution in [2.75, 3.05) is 40.3 Å². The topological polar surface area (TPSA) is 60.0 Å².